The molecular formula is C11H23N2O4P. The zero-order chi connectivity index (χ0) is 13.6. The minimum Gasteiger partial charge on any atom is -0.368 e. The Hall–Kier alpha value is -0.420. The van der Waals surface area contributed by atoms with Gasteiger partial charge in [-0.3, -0.25) is 9.36 Å². The van der Waals surface area contributed by atoms with Crippen LogP contribution >= 0.6 is 7.60 Å². The van der Waals surface area contributed by atoms with Gasteiger partial charge in [0.15, 0.2) is 0 Å². The maximum Gasteiger partial charge on any atom is 0.330 e. The lowest BCUT2D eigenvalue weighted by Gasteiger charge is -2.30. The fraction of sp³-hybridized carbons (Fsp3) is 0.909. The molecule has 3 N–H and O–H groups in total. The van der Waals surface area contributed by atoms with E-state index < -0.39 is 7.60 Å². The van der Waals surface area contributed by atoms with Crippen LogP contribution in [0.4, 0.5) is 0 Å². The van der Waals surface area contributed by atoms with Crippen LogP contribution in [0.2, 0.25) is 0 Å². The predicted molar refractivity (Wildman–Crippen MR) is 69.4 cm³/mol. The molecule has 18 heavy (non-hydrogen) atoms. The molecule has 1 heterocycles. The van der Waals surface area contributed by atoms with Crippen molar-refractivity contribution in [1.29, 1.82) is 0 Å². The number of nitrogens with one attached hydrogen (secondary N) is 1. The van der Waals surface area contributed by atoms with Gasteiger partial charge in [-0.05, 0) is 39.2 Å². The standard InChI is InChI=1S/C11H23N2O4P/c1-3-16-18(15,17-4-2)8-9-5-6-13-10(7-9)11(12)14/h9-10,13H,3-8H2,1-2H3,(H2,12,14)/t9-,10+/m1/s1. The maximum absolute atomic E-state index is 12.4. The minimum atomic E-state index is -3.02. The first-order valence-electron chi connectivity index (χ1n) is 6.41. The molecule has 0 bridgehead atoms. The summed E-state index contributed by atoms with van der Waals surface area (Å²) in [7, 11) is -3.02. The highest BCUT2D eigenvalue weighted by Gasteiger charge is 2.33. The molecule has 106 valence electrons. The molecule has 1 fully saturated rings. The molecule has 0 aromatic carbocycles. The number of primary amides is 1. The van der Waals surface area contributed by atoms with Crippen molar-refractivity contribution < 1.29 is 18.4 Å². The Labute approximate surface area is 108 Å². The predicted octanol–water partition coefficient (Wildman–Crippen LogP) is 1.11. The van der Waals surface area contributed by atoms with Crippen LogP contribution in [-0.2, 0) is 18.4 Å². The Balaban J connectivity index is 2.58. The molecule has 0 radical (unpaired) electrons. The summed E-state index contributed by atoms with van der Waals surface area (Å²) in [6.07, 6.45) is 1.81. The number of carbonyl (C=O) groups excluding carboxylic acids is 1. The maximum atomic E-state index is 12.4. The second kappa shape index (κ2) is 7.24. The number of carbonyl (C=O) groups is 1. The van der Waals surface area contributed by atoms with E-state index >= 15 is 0 Å². The van der Waals surface area contributed by atoms with E-state index in [0.29, 0.717) is 32.3 Å². The average Bonchev–Trinajstić information content (AvgIpc) is 2.29. The summed E-state index contributed by atoms with van der Waals surface area (Å²) in [6.45, 7) is 5.01. The van der Waals surface area contributed by atoms with Gasteiger partial charge in [0.2, 0.25) is 5.91 Å². The molecule has 1 aliphatic heterocycles. The third-order valence-corrected chi connectivity index (χ3v) is 5.26. The van der Waals surface area contributed by atoms with E-state index in [0.717, 1.165) is 6.42 Å². The first-order chi connectivity index (χ1) is 8.50. The molecule has 0 unspecified atom stereocenters. The lowest BCUT2D eigenvalue weighted by molar-refractivity contribution is -0.120. The molecule has 1 saturated heterocycles. The number of hydrogen-bond donors (Lipinski definition) is 2. The van der Waals surface area contributed by atoms with E-state index in [2.05, 4.69) is 5.32 Å². The van der Waals surface area contributed by atoms with Crippen molar-refractivity contribution in [1.82, 2.24) is 5.32 Å². The number of nitrogens with two attached hydrogens (primary N) is 1. The number of piperidine rings is 1. The lowest BCUT2D eigenvalue weighted by Crippen LogP contribution is -2.47. The topological polar surface area (TPSA) is 90.6 Å². The number of hydrogen-bond acceptors (Lipinski definition) is 5. The summed E-state index contributed by atoms with van der Waals surface area (Å²) in [6, 6.07) is -0.333. The molecule has 0 saturated carbocycles. The molecule has 0 aromatic heterocycles. The Morgan fingerprint density at radius 1 is 1.39 bits per heavy atom. The van der Waals surface area contributed by atoms with Crippen molar-refractivity contribution >= 4 is 13.5 Å². The summed E-state index contributed by atoms with van der Waals surface area (Å²) in [5, 5.41) is 3.05. The van der Waals surface area contributed by atoms with Crippen LogP contribution in [0.25, 0.3) is 0 Å². The zero-order valence-corrected chi connectivity index (χ0v) is 11.9. The number of amides is 1. The fourth-order valence-electron chi connectivity index (χ4n) is 2.23. The van der Waals surface area contributed by atoms with Gasteiger partial charge in [-0.1, -0.05) is 0 Å². The first-order valence-corrected chi connectivity index (χ1v) is 8.14. The Bertz CT molecular complexity index is 314. The Kier molecular flexibility index (Phi) is 6.29. The van der Waals surface area contributed by atoms with Crippen LogP contribution in [0.3, 0.4) is 0 Å². The van der Waals surface area contributed by atoms with Gasteiger partial charge in [-0.15, -0.1) is 0 Å². The van der Waals surface area contributed by atoms with Crippen LogP contribution in [0.1, 0.15) is 26.7 Å². The van der Waals surface area contributed by atoms with E-state index in [4.69, 9.17) is 14.8 Å². The third kappa shape index (κ3) is 4.69. The SMILES string of the molecule is CCOP(=O)(C[C@@H]1CCN[C@H](C(N)=O)C1)OCC. The van der Waals surface area contributed by atoms with Crippen molar-refractivity contribution in [3.8, 4) is 0 Å². The van der Waals surface area contributed by atoms with Crippen molar-refractivity contribution in [2.45, 2.75) is 32.7 Å². The third-order valence-electron chi connectivity index (χ3n) is 2.99. The monoisotopic (exact) mass is 278 g/mol. The molecule has 2 atom stereocenters. The average molecular weight is 278 g/mol. The van der Waals surface area contributed by atoms with Gasteiger partial charge in [0.05, 0.1) is 25.4 Å². The molecule has 6 nitrogen and oxygen atoms in total. The van der Waals surface area contributed by atoms with E-state index in [-0.39, 0.29) is 17.9 Å². The van der Waals surface area contributed by atoms with Crippen LogP contribution in [0.15, 0.2) is 0 Å². The van der Waals surface area contributed by atoms with Gasteiger partial charge in [0, 0.05) is 0 Å². The highest BCUT2D eigenvalue weighted by Crippen LogP contribution is 2.50. The van der Waals surface area contributed by atoms with Crippen molar-refractivity contribution in [3.05, 3.63) is 0 Å². The molecular weight excluding hydrogens is 255 g/mol. The quantitative estimate of drug-likeness (QED) is 0.681. The smallest absolute Gasteiger partial charge is 0.330 e. The van der Waals surface area contributed by atoms with Crippen LogP contribution in [0.5, 0.6) is 0 Å². The lowest BCUT2D eigenvalue weighted by atomic mass is 9.94. The molecule has 0 aromatic rings. The molecule has 0 spiro atoms. The largest absolute Gasteiger partial charge is 0.368 e. The fourth-order valence-corrected chi connectivity index (χ4v) is 4.27. The summed E-state index contributed by atoms with van der Waals surface area (Å²) >= 11 is 0. The zero-order valence-electron chi connectivity index (χ0n) is 11.1. The van der Waals surface area contributed by atoms with Gasteiger partial charge < -0.3 is 20.1 Å². The van der Waals surface area contributed by atoms with E-state index in [9.17, 15) is 9.36 Å². The van der Waals surface area contributed by atoms with Crippen molar-refractivity contribution in [3.63, 3.8) is 0 Å². The highest BCUT2D eigenvalue weighted by molar-refractivity contribution is 7.53. The van der Waals surface area contributed by atoms with Gasteiger partial charge in [-0.2, -0.15) is 0 Å². The van der Waals surface area contributed by atoms with Crippen LogP contribution < -0.4 is 11.1 Å². The van der Waals surface area contributed by atoms with E-state index in [1.54, 1.807) is 13.8 Å². The van der Waals surface area contributed by atoms with Crippen molar-refractivity contribution in [2.24, 2.45) is 11.7 Å². The van der Waals surface area contributed by atoms with E-state index in [1.807, 2.05) is 0 Å². The second-order valence-corrected chi connectivity index (χ2v) is 6.53. The van der Waals surface area contributed by atoms with Gasteiger partial charge in [0.25, 0.3) is 0 Å². The molecule has 1 rings (SSSR count). The molecule has 7 heteroatoms. The Morgan fingerprint density at radius 2 is 2.00 bits per heavy atom. The number of rotatable bonds is 7. The molecule has 1 aliphatic rings. The first kappa shape index (κ1) is 15.6. The molecule has 1 amide bonds. The second-order valence-electron chi connectivity index (χ2n) is 4.43. The highest BCUT2D eigenvalue weighted by atomic mass is 31.2. The van der Waals surface area contributed by atoms with Crippen LogP contribution in [0, 0.1) is 5.92 Å². The van der Waals surface area contributed by atoms with E-state index in [1.165, 1.54) is 0 Å². The summed E-state index contributed by atoms with van der Waals surface area (Å²) in [5.41, 5.74) is 5.28. The van der Waals surface area contributed by atoms with Gasteiger partial charge >= 0.3 is 7.60 Å². The Morgan fingerprint density at radius 3 is 2.50 bits per heavy atom. The van der Waals surface area contributed by atoms with Gasteiger partial charge in [-0.25, -0.2) is 0 Å². The summed E-state index contributed by atoms with van der Waals surface area (Å²) in [4.78, 5) is 11.1. The molecule has 0 aliphatic carbocycles. The van der Waals surface area contributed by atoms with Gasteiger partial charge in [0.1, 0.15) is 0 Å². The minimum absolute atomic E-state index is 0.146. The van der Waals surface area contributed by atoms with Crippen LogP contribution in [-0.4, -0.2) is 37.9 Å². The van der Waals surface area contributed by atoms with Crippen molar-refractivity contribution in [2.75, 3.05) is 25.9 Å². The summed E-state index contributed by atoms with van der Waals surface area (Å²) in [5.74, 6) is -0.213. The normalized spacial score (nSPS) is 25.0. The summed E-state index contributed by atoms with van der Waals surface area (Å²) < 4.78 is 22.9.